The number of rotatable bonds is 3. The van der Waals surface area contributed by atoms with Crippen molar-refractivity contribution in [2.75, 3.05) is 13.1 Å². The van der Waals surface area contributed by atoms with Gasteiger partial charge in [0.05, 0.1) is 11.3 Å². The highest BCUT2D eigenvalue weighted by molar-refractivity contribution is 5.92. The van der Waals surface area contributed by atoms with Crippen LogP contribution in [-0.2, 0) is 15.0 Å². The SMILES string of the molecule is O=C(O)C1CN(C(=O)C2(c3ccccc3)CC2)C1. The van der Waals surface area contributed by atoms with Crippen LogP contribution in [0.4, 0.5) is 0 Å². The van der Waals surface area contributed by atoms with E-state index < -0.39 is 5.97 Å². The van der Waals surface area contributed by atoms with Gasteiger partial charge in [0.1, 0.15) is 0 Å². The van der Waals surface area contributed by atoms with Crippen molar-refractivity contribution in [1.82, 2.24) is 4.90 Å². The van der Waals surface area contributed by atoms with Gasteiger partial charge >= 0.3 is 5.97 Å². The van der Waals surface area contributed by atoms with Crippen LogP contribution in [0.1, 0.15) is 18.4 Å². The molecule has 1 aromatic rings. The van der Waals surface area contributed by atoms with E-state index >= 15 is 0 Å². The van der Waals surface area contributed by atoms with Gasteiger partial charge in [0, 0.05) is 13.1 Å². The molecule has 0 spiro atoms. The quantitative estimate of drug-likeness (QED) is 0.872. The Labute approximate surface area is 105 Å². The van der Waals surface area contributed by atoms with Crippen molar-refractivity contribution >= 4 is 11.9 Å². The normalized spacial score (nSPS) is 21.2. The molecule has 1 amide bonds. The minimum Gasteiger partial charge on any atom is -0.481 e. The number of hydrogen-bond acceptors (Lipinski definition) is 2. The number of carboxylic acid groups (broad SMARTS) is 1. The maximum absolute atomic E-state index is 12.4. The zero-order chi connectivity index (χ0) is 12.8. The molecule has 4 nitrogen and oxygen atoms in total. The lowest BCUT2D eigenvalue weighted by Crippen LogP contribution is -2.55. The molecule has 1 heterocycles. The molecule has 1 saturated carbocycles. The summed E-state index contributed by atoms with van der Waals surface area (Å²) >= 11 is 0. The van der Waals surface area contributed by atoms with Gasteiger partial charge in [-0.25, -0.2) is 0 Å². The highest BCUT2D eigenvalue weighted by atomic mass is 16.4. The number of carbonyl (C=O) groups is 2. The molecule has 0 unspecified atom stereocenters. The van der Waals surface area contributed by atoms with Crippen LogP contribution in [0.2, 0.25) is 0 Å². The lowest BCUT2D eigenvalue weighted by Gasteiger charge is -2.39. The Kier molecular flexibility index (Phi) is 2.40. The fraction of sp³-hybridized carbons (Fsp3) is 0.429. The molecule has 0 bridgehead atoms. The molecule has 94 valence electrons. The predicted octanol–water partition coefficient (Wildman–Crippen LogP) is 1.26. The molecule has 4 heteroatoms. The third-order valence-corrected chi connectivity index (χ3v) is 4.00. The van der Waals surface area contributed by atoms with E-state index in [2.05, 4.69) is 0 Å². The van der Waals surface area contributed by atoms with Crippen molar-refractivity contribution in [1.29, 1.82) is 0 Å². The second-order valence-electron chi connectivity index (χ2n) is 5.19. The molecule has 18 heavy (non-hydrogen) atoms. The average Bonchev–Trinajstić information content (AvgIpc) is 3.08. The summed E-state index contributed by atoms with van der Waals surface area (Å²) in [5, 5.41) is 8.83. The van der Waals surface area contributed by atoms with E-state index in [-0.39, 0.29) is 17.2 Å². The van der Waals surface area contributed by atoms with Gasteiger partial charge in [-0.05, 0) is 18.4 Å². The van der Waals surface area contributed by atoms with Crippen LogP contribution in [0.15, 0.2) is 30.3 Å². The number of nitrogens with zero attached hydrogens (tertiary/aromatic N) is 1. The first-order valence-corrected chi connectivity index (χ1v) is 6.21. The summed E-state index contributed by atoms with van der Waals surface area (Å²) < 4.78 is 0. The Hall–Kier alpha value is -1.84. The first-order valence-electron chi connectivity index (χ1n) is 6.21. The first-order chi connectivity index (χ1) is 8.63. The van der Waals surface area contributed by atoms with Gasteiger partial charge in [-0.15, -0.1) is 0 Å². The van der Waals surface area contributed by atoms with E-state index in [0.29, 0.717) is 13.1 Å². The smallest absolute Gasteiger partial charge is 0.310 e. The highest BCUT2D eigenvalue weighted by Gasteiger charge is 2.55. The van der Waals surface area contributed by atoms with Crippen molar-refractivity contribution in [2.24, 2.45) is 5.92 Å². The standard InChI is InChI=1S/C14H15NO3/c16-12(17)10-8-15(9-10)13(18)14(6-7-14)11-4-2-1-3-5-11/h1-5,10H,6-9H2,(H,16,17). The molecule has 0 atom stereocenters. The lowest BCUT2D eigenvalue weighted by molar-refractivity contribution is -0.153. The molecular weight excluding hydrogens is 230 g/mol. The van der Waals surface area contributed by atoms with Crippen molar-refractivity contribution in [2.45, 2.75) is 18.3 Å². The molecule has 1 N–H and O–H groups in total. The maximum Gasteiger partial charge on any atom is 0.310 e. The summed E-state index contributed by atoms with van der Waals surface area (Å²) in [4.78, 5) is 24.8. The van der Waals surface area contributed by atoms with E-state index in [1.807, 2.05) is 30.3 Å². The maximum atomic E-state index is 12.4. The van der Waals surface area contributed by atoms with E-state index in [9.17, 15) is 9.59 Å². The summed E-state index contributed by atoms with van der Waals surface area (Å²) in [5.41, 5.74) is 0.707. The van der Waals surface area contributed by atoms with Gasteiger partial charge in [-0.1, -0.05) is 30.3 Å². The largest absolute Gasteiger partial charge is 0.481 e. The van der Waals surface area contributed by atoms with Crippen molar-refractivity contribution in [3.63, 3.8) is 0 Å². The van der Waals surface area contributed by atoms with Crippen molar-refractivity contribution < 1.29 is 14.7 Å². The summed E-state index contributed by atoms with van der Waals surface area (Å²) in [6.45, 7) is 0.728. The summed E-state index contributed by atoms with van der Waals surface area (Å²) in [7, 11) is 0. The van der Waals surface area contributed by atoms with Crippen LogP contribution in [0.3, 0.4) is 0 Å². The Bertz CT molecular complexity index is 487. The van der Waals surface area contributed by atoms with Crippen LogP contribution in [0.25, 0.3) is 0 Å². The molecule has 2 fully saturated rings. The van der Waals surface area contributed by atoms with Crippen molar-refractivity contribution in [3.05, 3.63) is 35.9 Å². The molecule has 3 rings (SSSR count). The van der Waals surface area contributed by atoms with Gasteiger partial charge in [-0.2, -0.15) is 0 Å². The van der Waals surface area contributed by atoms with Crippen LogP contribution in [-0.4, -0.2) is 35.0 Å². The van der Waals surface area contributed by atoms with E-state index in [1.54, 1.807) is 4.90 Å². The van der Waals surface area contributed by atoms with Gasteiger partial charge in [0.15, 0.2) is 0 Å². The third kappa shape index (κ3) is 1.60. The summed E-state index contributed by atoms with van der Waals surface area (Å²) in [6, 6.07) is 9.80. The molecule has 0 aromatic heterocycles. The first kappa shape index (κ1) is 11.3. The van der Waals surface area contributed by atoms with Gasteiger partial charge in [-0.3, -0.25) is 9.59 Å². The van der Waals surface area contributed by atoms with Gasteiger partial charge in [0.25, 0.3) is 0 Å². The second kappa shape index (κ2) is 3.83. The Morgan fingerprint density at radius 3 is 2.28 bits per heavy atom. The van der Waals surface area contributed by atoms with Gasteiger partial charge in [0.2, 0.25) is 5.91 Å². The Morgan fingerprint density at radius 2 is 1.78 bits per heavy atom. The number of benzene rings is 1. The fourth-order valence-electron chi connectivity index (χ4n) is 2.61. The Morgan fingerprint density at radius 1 is 1.17 bits per heavy atom. The molecule has 1 aromatic carbocycles. The van der Waals surface area contributed by atoms with E-state index in [1.165, 1.54) is 0 Å². The van der Waals surface area contributed by atoms with Crippen LogP contribution < -0.4 is 0 Å². The third-order valence-electron chi connectivity index (χ3n) is 4.00. The zero-order valence-corrected chi connectivity index (χ0v) is 10.0. The fourth-order valence-corrected chi connectivity index (χ4v) is 2.61. The molecule has 1 saturated heterocycles. The van der Waals surface area contributed by atoms with Crippen LogP contribution in [0.5, 0.6) is 0 Å². The number of likely N-dealkylation sites (tertiary alicyclic amines) is 1. The number of amides is 1. The molecule has 1 aliphatic carbocycles. The molecular formula is C14H15NO3. The number of hydrogen-bond donors (Lipinski definition) is 1. The highest BCUT2D eigenvalue weighted by Crippen LogP contribution is 2.50. The molecule has 2 aliphatic rings. The average molecular weight is 245 g/mol. The molecule has 0 radical (unpaired) electrons. The van der Waals surface area contributed by atoms with Crippen molar-refractivity contribution in [3.8, 4) is 0 Å². The Balaban J connectivity index is 1.73. The zero-order valence-electron chi connectivity index (χ0n) is 10.0. The summed E-state index contributed by atoms with van der Waals surface area (Å²) in [5.74, 6) is -1.07. The monoisotopic (exact) mass is 245 g/mol. The number of carbonyl (C=O) groups excluding carboxylic acids is 1. The van der Waals surface area contributed by atoms with Gasteiger partial charge < -0.3 is 10.0 Å². The minimum absolute atomic E-state index is 0.103. The number of aliphatic carboxylic acids is 1. The predicted molar refractivity (Wildman–Crippen MR) is 65.1 cm³/mol. The lowest BCUT2D eigenvalue weighted by atomic mass is 9.91. The van der Waals surface area contributed by atoms with E-state index in [4.69, 9.17) is 5.11 Å². The van der Waals surface area contributed by atoms with Crippen LogP contribution in [0, 0.1) is 5.92 Å². The van der Waals surface area contributed by atoms with Crippen LogP contribution >= 0.6 is 0 Å². The second-order valence-corrected chi connectivity index (χ2v) is 5.19. The minimum atomic E-state index is -0.802. The van der Waals surface area contributed by atoms with E-state index in [0.717, 1.165) is 18.4 Å². The molecule has 1 aliphatic heterocycles. The topological polar surface area (TPSA) is 57.6 Å². The summed E-state index contributed by atoms with van der Waals surface area (Å²) in [6.07, 6.45) is 1.76. The number of carboxylic acids is 1.